The van der Waals surface area contributed by atoms with Gasteiger partial charge < -0.3 is 6.53 Å². The van der Waals surface area contributed by atoms with Gasteiger partial charge in [-0.1, -0.05) is 23.2 Å². The zero-order valence-corrected chi connectivity index (χ0v) is 14.2. The fourth-order valence-corrected chi connectivity index (χ4v) is 3.12. The molecule has 0 aliphatic carbocycles. The molecule has 0 amide bonds. The Bertz CT molecular complexity index is 567. The zero-order valence-electron chi connectivity index (χ0n) is 10.1. The van der Waals surface area contributed by atoms with Crippen LogP contribution in [0.1, 0.15) is 1.43 Å². The smallest absolute Gasteiger partial charge is 1.00 e. The Kier molecular flexibility index (Phi) is 7.57. The van der Waals surface area contributed by atoms with E-state index in [1.165, 1.54) is 6.07 Å². The molecule has 2 N–H and O–H groups in total. The van der Waals surface area contributed by atoms with Gasteiger partial charge in [0.05, 0.1) is 15.8 Å². The largest absolute Gasteiger partial charge is 1.00 e. The third-order valence-electron chi connectivity index (χ3n) is 1.62. The second-order valence-corrected chi connectivity index (χ2v) is 6.09. The molecule has 0 unspecified atom stereocenters. The summed E-state index contributed by atoms with van der Waals surface area (Å²) in [5.41, 5.74) is 0. The average Bonchev–Trinajstić information content (AvgIpc) is 2.17. The van der Waals surface area contributed by atoms with Crippen LogP contribution >= 0.6 is 35.0 Å². The SMILES string of the molecule is O=C(O)CSc1cc(Cl)c(S(=O)(=O)O)cc1Cl.[H-].[Na+]. The van der Waals surface area contributed by atoms with Gasteiger partial charge in [0.1, 0.15) is 4.90 Å². The van der Waals surface area contributed by atoms with E-state index in [1.54, 1.807) is 0 Å². The molecule has 1 rings (SSSR count). The van der Waals surface area contributed by atoms with Crippen molar-refractivity contribution in [2.75, 3.05) is 5.75 Å². The number of hydrogen-bond donors (Lipinski definition) is 2. The number of halogens is 2. The summed E-state index contributed by atoms with van der Waals surface area (Å²) in [6.45, 7) is 0. The van der Waals surface area contributed by atoms with Crippen LogP contribution in [0, 0.1) is 0 Å². The molecule has 0 saturated heterocycles. The molecule has 0 aliphatic rings. The fraction of sp³-hybridized carbons (Fsp3) is 0.125. The Morgan fingerprint density at radius 3 is 2.33 bits per heavy atom. The molecule has 0 spiro atoms. The predicted molar refractivity (Wildman–Crippen MR) is 65.7 cm³/mol. The van der Waals surface area contributed by atoms with Crippen molar-refractivity contribution in [1.29, 1.82) is 0 Å². The topological polar surface area (TPSA) is 91.7 Å². The van der Waals surface area contributed by atoms with Crippen molar-refractivity contribution < 1.29 is 53.9 Å². The van der Waals surface area contributed by atoms with Gasteiger partial charge in [0.15, 0.2) is 0 Å². The summed E-state index contributed by atoms with van der Waals surface area (Å²) in [4.78, 5) is 10.2. The van der Waals surface area contributed by atoms with Gasteiger partial charge in [-0.25, -0.2) is 0 Å². The van der Waals surface area contributed by atoms with Crippen LogP contribution in [0.15, 0.2) is 21.9 Å². The van der Waals surface area contributed by atoms with Gasteiger partial charge in [0.25, 0.3) is 10.1 Å². The Hall–Kier alpha value is 0.530. The van der Waals surface area contributed by atoms with Gasteiger partial charge in [-0.15, -0.1) is 11.8 Å². The van der Waals surface area contributed by atoms with Crippen LogP contribution < -0.4 is 29.6 Å². The van der Waals surface area contributed by atoms with E-state index in [9.17, 15) is 13.2 Å². The number of carbonyl (C=O) groups is 1. The summed E-state index contributed by atoms with van der Waals surface area (Å²) in [6.07, 6.45) is 0. The molecule has 0 saturated carbocycles. The summed E-state index contributed by atoms with van der Waals surface area (Å²) in [7, 11) is -4.45. The Balaban J connectivity index is 0. The molecule has 0 atom stereocenters. The third kappa shape index (κ3) is 5.26. The van der Waals surface area contributed by atoms with Crippen LogP contribution in [0.5, 0.6) is 0 Å². The molecular formula is C8H7Cl2NaO5S2. The van der Waals surface area contributed by atoms with Gasteiger partial charge in [-0.05, 0) is 12.1 Å². The zero-order chi connectivity index (χ0) is 13.2. The fourth-order valence-electron chi connectivity index (χ4n) is 0.958. The second-order valence-electron chi connectivity index (χ2n) is 2.87. The second kappa shape index (κ2) is 7.35. The molecule has 0 fully saturated rings. The number of thioether (sulfide) groups is 1. The molecule has 5 nitrogen and oxygen atoms in total. The first-order valence-corrected chi connectivity index (χ1v) is 7.21. The summed E-state index contributed by atoms with van der Waals surface area (Å²) < 4.78 is 30.6. The van der Waals surface area contributed by atoms with E-state index in [4.69, 9.17) is 32.9 Å². The summed E-state index contributed by atoms with van der Waals surface area (Å²) >= 11 is 12.3. The van der Waals surface area contributed by atoms with Crippen LogP contribution in [0.3, 0.4) is 0 Å². The first-order valence-electron chi connectivity index (χ1n) is 4.03. The molecule has 96 valence electrons. The molecular weight excluding hydrogens is 334 g/mol. The Labute approximate surface area is 141 Å². The minimum atomic E-state index is -4.45. The molecule has 0 radical (unpaired) electrons. The third-order valence-corrected chi connectivity index (χ3v) is 4.40. The maximum Gasteiger partial charge on any atom is 1.00 e. The van der Waals surface area contributed by atoms with E-state index in [2.05, 4.69) is 0 Å². The predicted octanol–water partition coefficient (Wildman–Crippen LogP) is -0.467. The first-order chi connectivity index (χ1) is 7.71. The van der Waals surface area contributed by atoms with Crippen LogP contribution in [0.2, 0.25) is 10.0 Å². The summed E-state index contributed by atoms with van der Waals surface area (Å²) in [6, 6.07) is 2.17. The Morgan fingerprint density at radius 1 is 1.33 bits per heavy atom. The number of benzene rings is 1. The molecule has 10 heteroatoms. The minimum absolute atomic E-state index is 0. The van der Waals surface area contributed by atoms with Gasteiger partial charge in [-0.3, -0.25) is 9.35 Å². The van der Waals surface area contributed by atoms with Crippen molar-refractivity contribution in [3.63, 3.8) is 0 Å². The molecule has 0 heterocycles. The molecule has 18 heavy (non-hydrogen) atoms. The molecule has 0 aromatic heterocycles. The summed E-state index contributed by atoms with van der Waals surface area (Å²) in [5.74, 6) is -1.28. The van der Waals surface area contributed by atoms with E-state index in [1.807, 2.05) is 0 Å². The van der Waals surface area contributed by atoms with Crippen molar-refractivity contribution in [2.45, 2.75) is 9.79 Å². The van der Waals surface area contributed by atoms with Crippen LogP contribution in [-0.2, 0) is 14.9 Å². The molecule has 1 aromatic rings. The van der Waals surface area contributed by atoms with Gasteiger partial charge >= 0.3 is 35.5 Å². The van der Waals surface area contributed by atoms with Crippen LogP contribution in [0.4, 0.5) is 0 Å². The molecule has 1 aromatic carbocycles. The minimum Gasteiger partial charge on any atom is -1.00 e. The number of carboxylic acid groups (broad SMARTS) is 1. The van der Waals surface area contributed by atoms with Gasteiger partial charge in [0, 0.05) is 4.90 Å². The standard InChI is InChI=1S/C8H6Cl2O5S2.Na.H/c9-4-2-7(17(13,14)15)5(10)1-6(4)16-3-8(11)12;;/h1-2H,3H2,(H,11,12)(H,13,14,15);;/q;+1;-1. The number of carboxylic acids is 1. The maximum absolute atomic E-state index is 10.9. The number of aliphatic carboxylic acids is 1. The quantitative estimate of drug-likeness (QED) is 0.437. The number of rotatable bonds is 4. The van der Waals surface area contributed by atoms with E-state index in [0.29, 0.717) is 4.90 Å². The van der Waals surface area contributed by atoms with Crippen molar-refractivity contribution in [3.05, 3.63) is 22.2 Å². The van der Waals surface area contributed by atoms with Crippen molar-refractivity contribution in [3.8, 4) is 0 Å². The molecule has 0 aliphatic heterocycles. The van der Waals surface area contributed by atoms with Crippen molar-refractivity contribution in [2.24, 2.45) is 0 Å². The van der Waals surface area contributed by atoms with E-state index >= 15 is 0 Å². The van der Waals surface area contributed by atoms with Crippen molar-refractivity contribution >= 4 is 51.1 Å². The molecule has 0 bridgehead atoms. The normalized spacial score (nSPS) is 10.8. The van der Waals surface area contributed by atoms with E-state index < -0.39 is 21.0 Å². The van der Waals surface area contributed by atoms with Gasteiger partial charge in [0.2, 0.25) is 0 Å². The van der Waals surface area contributed by atoms with Gasteiger partial charge in [-0.2, -0.15) is 8.42 Å². The van der Waals surface area contributed by atoms with Crippen molar-refractivity contribution in [1.82, 2.24) is 0 Å². The van der Waals surface area contributed by atoms with E-state index in [0.717, 1.165) is 17.8 Å². The maximum atomic E-state index is 10.9. The first kappa shape index (κ1) is 18.5. The number of hydrogen-bond acceptors (Lipinski definition) is 4. The average molecular weight is 341 g/mol. The monoisotopic (exact) mass is 340 g/mol. The van der Waals surface area contributed by atoms with Crippen LogP contribution in [-0.4, -0.2) is 29.8 Å². The Morgan fingerprint density at radius 2 is 1.89 bits per heavy atom. The summed E-state index contributed by atoms with van der Waals surface area (Å²) in [5, 5.41) is 8.28. The van der Waals surface area contributed by atoms with Crippen LogP contribution in [0.25, 0.3) is 0 Å². The van der Waals surface area contributed by atoms with E-state index in [-0.39, 0.29) is 46.8 Å².